The van der Waals surface area contributed by atoms with Gasteiger partial charge in [-0.25, -0.2) is 4.39 Å². The quantitative estimate of drug-likeness (QED) is 0.651. The number of fused-ring (bicyclic) bond motifs is 1. The van der Waals surface area contributed by atoms with Crippen LogP contribution in [0.2, 0.25) is 0 Å². The van der Waals surface area contributed by atoms with Crippen LogP contribution in [0.3, 0.4) is 0 Å². The fraction of sp³-hybridized carbons (Fsp3) is 0.318. The lowest BCUT2D eigenvalue weighted by atomic mass is 10.1. The number of aromatic nitrogens is 1. The highest BCUT2D eigenvalue weighted by Gasteiger charge is 2.32. The summed E-state index contributed by atoms with van der Waals surface area (Å²) in [6, 6.07) is 15.2. The molecule has 0 saturated heterocycles. The molecule has 1 aliphatic carbocycles. The maximum absolute atomic E-state index is 13.9. The van der Waals surface area contributed by atoms with Crippen molar-refractivity contribution >= 4 is 16.8 Å². The molecule has 3 aromatic rings. The van der Waals surface area contributed by atoms with Crippen molar-refractivity contribution in [3.05, 3.63) is 71.7 Å². The molecular weight excluding hydrogens is 327 g/mol. The average Bonchev–Trinajstić information content (AvgIpc) is 3.41. The first kappa shape index (κ1) is 16.8. The van der Waals surface area contributed by atoms with Crippen molar-refractivity contribution in [1.29, 1.82) is 0 Å². The van der Waals surface area contributed by atoms with Crippen LogP contribution in [0.15, 0.2) is 54.7 Å². The van der Waals surface area contributed by atoms with Gasteiger partial charge in [-0.1, -0.05) is 36.4 Å². The number of para-hydroxylation sites is 1. The molecule has 134 valence electrons. The zero-order chi connectivity index (χ0) is 17.9. The molecule has 0 radical (unpaired) electrons. The van der Waals surface area contributed by atoms with Gasteiger partial charge in [-0.3, -0.25) is 4.79 Å². The van der Waals surface area contributed by atoms with E-state index in [4.69, 9.17) is 0 Å². The van der Waals surface area contributed by atoms with E-state index in [0.717, 1.165) is 31.2 Å². The Kier molecular flexibility index (Phi) is 4.74. The minimum Gasteiger partial charge on any atom is -0.361 e. The Morgan fingerprint density at radius 1 is 1.08 bits per heavy atom. The van der Waals surface area contributed by atoms with E-state index in [-0.39, 0.29) is 17.8 Å². The van der Waals surface area contributed by atoms with Gasteiger partial charge in [0.25, 0.3) is 0 Å². The van der Waals surface area contributed by atoms with E-state index in [1.807, 2.05) is 29.3 Å². The van der Waals surface area contributed by atoms with Crippen LogP contribution in [0.5, 0.6) is 0 Å². The van der Waals surface area contributed by atoms with Gasteiger partial charge in [-0.15, -0.1) is 0 Å². The highest BCUT2D eigenvalue weighted by molar-refractivity contribution is 5.83. The SMILES string of the molecule is O=C(CCCc1c[nH]c2ccccc12)N(Cc1ccccc1F)C1CC1. The second-order valence-corrected chi connectivity index (χ2v) is 7.06. The maximum Gasteiger partial charge on any atom is 0.223 e. The summed E-state index contributed by atoms with van der Waals surface area (Å²) in [7, 11) is 0. The minimum absolute atomic E-state index is 0.135. The first-order chi connectivity index (χ1) is 12.7. The molecule has 0 atom stereocenters. The predicted molar refractivity (Wildman–Crippen MR) is 101 cm³/mol. The molecule has 26 heavy (non-hydrogen) atoms. The third-order valence-electron chi connectivity index (χ3n) is 5.12. The van der Waals surface area contributed by atoms with Gasteiger partial charge < -0.3 is 9.88 Å². The molecule has 3 nitrogen and oxygen atoms in total. The number of hydrogen-bond acceptors (Lipinski definition) is 1. The number of H-pyrrole nitrogens is 1. The number of amides is 1. The molecule has 1 N–H and O–H groups in total. The zero-order valence-corrected chi connectivity index (χ0v) is 14.7. The van der Waals surface area contributed by atoms with Gasteiger partial charge >= 0.3 is 0 Å². The Hall–Kier alpha value is -2.62. The Morgan fingerprint density at radius 3 is 2.65 bits per heavy atom. The number of rotatable bonds is 7. The van der Waals surface area contributed by atoms with Crippen molar-refractivity contribution in [3.63, 3.8) is 0 Å². The van der Waals surface area contributed by atoms with Crippen molar-refractivity contribution in [2.75, 3.05) is 0 Å². The van der Waals surface area contributed by atoms with Crippen LogP contribution in [0, 0.1) is 5.82 Å². The largest absolute Gasteiger partial charge is 0.361 e. The maximum atomic E-state index is 13.9. The van der Waals surface area contributed by atoms with Gasteiger partial charge in [0.15, 0.2) is 0 Å². The summed E-state index contributed by atoms with van der Waals surface area (Å²) in [5.41, 5.74) is 2.98. The number of hydrogen-bond donors (Lipinski definition) is 1. The second-order valence-electron chi connectivity index (χ2n) is 7.06. The summed E-state index contributed by atoms with van der Waals surface area (Å²) in [5, 5.41) is 1.23. The smallest absolute Gasteiger partial charge is 0.223 e. The van der Waals surface area contributed by atoms with Crippen LogP contribution in [0.1, 0.15) is 36.8 Å². The van der Waals surface area contributed by atoms with Crippen LogP contribution in [-0.2, 0) is 17.8 Å². The molecule has 0 spiro atoms. The molecular formula is C22H23FN2O. The number of aromatic amines is 1. The number of nitrogens with zero attached hydrogens (tertiary/aromatic N) is 1. The van der Waals surface area contributed by atoms with Crippen LogP contribution >= 0.6 is 0 Å². The molecule has 4 rings (SSSR count). The lowest BCUT2D eigenvalue weighted by molar-refractivity contribution is -0.132. The van der Waals surface area contributed by atoms with E-state index in [1.54, 1.807) is 12.1 Å². The normalized spacial score (nSPS) is 13.9. The van der Waals surface area contributed by atoms with Crippen LogP contribution in [0.25, 0.3) is 10.9 Å². The Labute approximate surface area is 152 Å². The number of carbonyl (C=O) groups excluding carboxylic acids is 1. The number of benzene rings is 2. The van der Waals surface area contributed by atoms with E-state index in [1.165, 1.54) is 17.0 Å². The first-order valence-electron chi connectivity index (χ1n) is 9.30. The fourth-order valence-corrected chi connectivity index (χ4v) is 3.53. The van der Waals surface area contributed by atoms with E-state index < -0.39 is 0 Å². The number of nitrogens with one attached hydrogen (secondary N) is 1. The predicted octanol–water partition coefficient (Wildman–Crippen LogP) is 4.82. The molecule has 1 heterocycles. The molecule has 0 unspecified atom stereocenters. The third kappa shape index (κ3) is 3.64. The summed E-state index contributed by atoms with van der Waals surface area (Å²) in [4.78, 5) is 17.9. The molecule has 4 heteroatoms. The van der Waals surface area contributed by atoms with E-state index in [2.05, 4.69) is 17.1 Å². The highest BCUT2D eigenvalue weighted by atomic mass is 19.1. The van der Waals surface area contributed by atoms with Crippen LogP contribution in [0.4, 0.5) is 4.39 Å². The topological polar surface area (TPSA) is 36.1 Å². The highest BCUT2D eigenvalue weighted by Crippen LogP contribution is 2.30. The molecule has 1 saturated carbocycles. The molecule has 0 aliphatic heterocycles. The summed E-state index contributed by atoms with van der Waals surface area (Å²) in [5.74, 6) is -0.0969. The van der Waals surface area contributed by atoms with E-state index in [9.17, 15) is 9.18 Å². The second kappa shape index (κ2) is 7.32. The van der Waals surface area contributed by atoms with Crippen molar-refractivity contribution < 1.29 is 9.18 Å². The summed E-state index contributed by atoms with van der Waals surface area (Å²) < 4.78 is 13.9. The van der Waals surface area contributed by atoms with Gasteiger partial charge in [-0.05, 0) is 43.4 Å². The Morgan fingerprint density at radius 2 is 1.85 bits per heavy atom. The van der Waals surface area contributed by atoms with E-state index >= 15 is 0 Å². The third-order valence-corrected chi connectivity index (χ3v) is 5.12. The molecule has 1 aromatic heterocycles. The molecule has 1 fully saturated rings. The summed E-state index contributed by atoms with van der Waals surface area (Å²) in [6.45, 7) is 0.378. The monoisotopic (exact) mass is 350 g/mol. The lowest BCUT2D eigenvalue weighted by Gasteiger charge is -2.23. The van der Waals surface area contributed by atoms with Gasteiger partial charge in [-0.2, -0.15) is 0 Å². The fourth-order valence-electron chi connectivity index (χ4n) is 3.53. The van der Waals surface area contributed by atoms with Gasteiger partial charge in [0.2, 0.25) is 5.91 Å². The van der Waals surface area contributed by atoms with Gasteiger partial charge in [0.1, 0.15) is 5.82 Å². The van der Waals surface area contributed by atoms with Gasteiger partial charge in [0, 0.05) is 41.7 Å². The Balaban J connectivity index is 1.37. The number of aryl methyl sites for hydroxylation is 1. The molecule has 2 aromatic carbocycles. The van der Waals surface area contributed by atoms with Crippen LogP contribution in [-0.4, -0.2) is 21.8 Å². The number of halogens is 1. The van der Waals surface area contributed by atoms with E-state index in [0.29, 0.717) is 18.5 Å². The van der Waals surface area contributed by atoms with Crippen molar-refractivity contribution in [3.8, 4) is 0 Å². The molecule has 0 bridgehead atoms. The minimum atomic E-state index is -0.232. The average molecular weight is 350 g/mol. The Bertz CT molecular complexity index is 913. The zero-order valence-electron chi connectivity index (χ0n) is 14.7. The van der Waals surface area contributed by atoms with Crippen molar-refractivity contribution in [2.45, 2.75) is 44.7 Å². The summed E-state index contributed by atoms with van der Waals surface area (Å²) in [6.07, 6.45) is 6.28. The first-order valence-corrected chi connectivity index (χ1v) is 9.30. The number of carbonyl (C=O) groups is 1. The van der Waals surface area contributed by atoms with Crippen molar-refractivity contribution in [1.82, 2.24) is 9.88 Å². The standard InChI is InChI=1S/C22H23FN2O/c23-20-9-3-1-6-17(20)15-25(18-12-13-18)22(26)11-5-7-16-14-24-21-10-4-2-8-19(16)21/h1-4,6,8-10,14,18,24H,5,7,11-13,15H2. The van der Waals surface area contributed by atoms with Crippen molar-refractivity contribution in [2.24, 2.45) is 0 Å². The molecule has 1 aliphatic rings. The van der Waals surface area contributed by atoms with Gasteiger partial charge in [0.05, 0.1) is 0 Å². The molecule has 1 amide bonds. The lowest BCUT2D eigenvalue weighted by Crippen LogP contribution is -2.32. The summed E-state index contributed by atoms with van der Waals surface area (Å²) >= 11 is 0. The van der Waals surface area contributed by atoms with Crippen LogP contribution < -0.4 is 0 Å².